The molecule has 2 heterocycles. The molecule has 0 aromatic carbocycles. The normalized spacial score (nSPS) is 13.1. The van der Waals surface area contributed by atoms with Gasteiger partial charge in [-0.2, -0.15) is 5.10 Å². The first-order valence-electron chi connectivity index (χ1n) is 3.58. The molecule has 0 aliphatic carbocycles. The summed E-state index contributed by atoms with van der Waals surface area (Å²) in [7, 11) is 0. The van der Waals surface area contributed by atoms with Gasteiger partial charge >= 0.3 is 0 Å². The molecule has 0 amide bonds. The molecule has 12 heavy (non-hydrogen) atoms. The van der Waals surface area contributed by atoms with Crippen molar-refractivity contribution < 1.29 is 0 Å². The summed E-state index contributed by atoms with van der Waals surface area (Å²) in [6, 6.07) is 1.91. The fourth-order valence-electron chi connectivity index (χ4n) is 1.01. The first-order chi connectivity index (χ1) is 5.88. The SMILES string of the molecule is [CH2]C(c1cscn1)c1ccn[nH]1. The van der Waals surface area contributed by atoms with E-state index in [4.69, 9.17) is 0 Å². The Balaban J connectivity index is 2.27. The molecule has 0 saturated heterocycles. The second-order valence-electron chi connectivity index (χ2n) is 2.48. The molecule has 2 aromatic heterocycles. The van der Waals surface area contributed by atoms with Crippen LogP contribution < -0.4 is 0 Å². The zero-order valence-electron chi connectivity index (χ0n) is 6.40. The molecule has 0 bridgehead atoms. The summed E-state index contributed by atoms with van der Waals surface area (Å²) in [5, 5.41) is 8.74. The van der Waals surface area contributed by atoms with Gasteiger partial charge in [0, 0.05) is 23.2 Å². The third kappa shape index (κ3) is 1.25. The number of nitrogens with one attached hydrogen (secondary N) is 1. The number of thiazole rings is 1. The number of hydrogen-bond acceptors (Lipinski definition) is 3. The Morgan fingerprint density at radius 3 is 3.08 bits per heavy atom. The van der Waals surface area contributed by atoms with Crippen LogP contribution in [0.3, 0.4) is 0 Å². The van der Waals surface area contributed by atoms with Crippen LogP contribution >= 0.6 is 11.3 Å². The van der Waals surface area contributed by atoms with Crippen LogP contribution in [-0.4, -0.2) is 15.2 Å². The van der Waals surface area contributed by atoms with E-state index in [0.29, 0.717) is 0 Å². The Hall–Kier alpha value is -1.16. The van der Waals surface area contributed by atoms with Gasteiger partial charge in [-0.05, 0) is 13.0 Å². The number of hydrogen-bond donors (Lipinski definition) is 1. The molecule has 0 aliphatic heterocycles. The van der Waals surface area contributed by atoms with Gasteiger partial charge in [0.15, 0.2) is 0 Å². The van der Waals surface area contributed by atoms with Gasteiger partial charge in [0.25, 0.3) is 0 Å². The lowest BCUT2D eigenvalue weighted by Crippen LogP contribution is -1.96. The second kappa shape index (κ2) is 3.06. The molecule has 0 fully saturated rings. The average Bonchev–Trinajstić information content (AvgIpc) is 2.77. The molecule has 1 radical (unpaired) electrons. The molecule has 3 nitrogen and oxygen atoms in total. The zero-order valence-corrected chi connectivity index (χ0v) is 7.21. The van der Waals surface area contributed by atoms with E-state index in [9.17, 15) is 0 Å². The van der Waals surface area contributed by atoms with E-state index < -0.39 is 0 Å². The van der Waals surface area contributed by atoms with Crippen molar-refractivity contribution in [1.29, 1.82) is 0 Å². The maximum atomic E-state index is 4.18. The molecular formula is C8H8N3S. The highest BCUT2D eigenvalue weighted by atomic mass is 32.1. The lowest BCUT2D eigenvalue weighted by Gasteiger charge is -2.03. The fraction of sp³-hybridized carbons (Fsp3) is 0.125. The number of H-pyrrole nitrogens is 1. The van der Waals surface area contributed by atoms with Gasteiger partial charge in [-0.3, -0.25) is 5.10 Å². The van der Waals surface area contributed by atoms with Crippen LogP contribution in [0.15, 0.2) is 23.2 Å². The van der Waals surface area contributed by atoms with Crippen LogP contribution in [0, 0.1) is 6.92 Å². The van der Waals surface area contributed by atoms with Gasteiger partial charge < -0.3 is 0 Å². The summed E-state index contributed by atoms with van der Waals surface area (Å²) in [6.45, 7) is 4.00. The van der Waals surface area contributed by atoms with Crippen LogP contribution in [0.2, 0.25) is 0 Å². The maximum Gasteiger partial charge on any atom is 0.0794 e. The molecule has 61 valence electrons. The van der Waals surface area contributed by atoms with E-state index in [-0.39, 0.29) is 5.92 Å². The predicted octanol–water partition coefficient (Wildman–Crippen LogP) is 1.83. The Bertz CT molecular complexity index is 291. The third-order valence-electron chi connectivity index (χ3n) is 1.71. The van der Waals surface area contributed by atoms with Crippen LogP contribution in [0.25, 0.3) is 0 Å². The van der Waals surface area contributed by atoms with E-state index in [1.54, 1.807) is 17.5 Å². The van der Waals surface area contributed by atoms with Crippen LogP contribution in [-0.2, 0) is 0 Å². The third-order valence-corrected chi connectivity index (χ3v) is 2.31. The molecule has 1 unspecified atom stereocenters. The van der Waals surface area contributed by atoms with E-state index >= 15 is 0 Å². The first kappa shape index (κ1) is 7.49. The van der Waals surface area contributed by atoms with Crippen LogP contribution in [0.5, 0.6) is 0 Å². The number of aromatic amines is 1. The number of nitrogens with zero attached hydrogens (tertiary/aromatic N) is 2. The Morgan fingerprint density at radius 1 is 1.58 bits per heavy atom. The minimum absolute atomic E-state index is 0.0683. The molecule has 1 N–H and O–H groups in total. The molecule has 2 rings (SSSR count). The summed E-state index contributed by atoms with van der Waals surface area (Å²) in [5.41, 5.74) is 3.80. The van der Waals surface area contributed by atoms with Gasteiger partial charge in [-0.25, -0.2) is 4.98 Å². The van der Waals surface area contributed by atoms with E-state index in [2.05, 4.69) is 22.1 Å². The minimum atomic E-state index is 0.0683. The predicted molar refractivity (Wildman–Crippen MR) is 47.9 cm³/mol. The highest BCUT2D eigenvalue weighted by Crippen LogP contribution is 2.20. The smallest absolute Gasteiger partial charge is 0.0794 e. The molecule has 0 aliphatic rings. The van der Waals surface area contributed by atoms with Gasteiger partial charge in [0.2, 0.25) is 0 Å². The molecule has 0 saturated carbocycles. The average molecular weight is 178 g/mol. The van der Waals surface area contributed by atoms with Crippen molar-refractivity contribution >= 4 is 11.3 Å². The van der Waals surface area contributed by atoms with Crippen molar-refractivity contribution in [3.63, 3.8) is 0 Å². The van der Waals surface area contributed by atoms with E-state index in [1.807, 2.05) is 17.0 Å². The van der Waals surface area contributed by atoms with Gasteiger partial charge in [-0.15, -0.1) is 11.3 Å². The van der Waals surface area contributed by atoms with Crippen molar-refractivity contribution in [2.45, 2.75) is 5.92 Å². The van der Waals surface area contributed by atoms with Crippen molar-refractivity contribution in [2.24, 2.45) is 0 Å². The monoisotopic (exact) mass is 178 g/mol. The van der Waals surface area contributed by atoms with Crippen molar-refractivity contribution in [2.75, 3.05) is 0 Å². The van der Waals surface area contributed by atoms with Gasteiger partial charge in [0.1, 0.15) is 0 Å². The van der Waals surface area contributed by atoms with Crippen LogP contribution in [0.4, 0.5) is 0 Å². The van der Waals surface area contributed by atoms with E-state index in [1.165, 1.54) is 0 Å². The summed E-state index contributed by atoms with van der Waals surface area (Å²) < 4.78 is 0. The van der Waals surface area contributed by atoms with E-state index in [0.717, 1.165) is 11.4 Å². The Kier molecular flexibility index (Phi) is 1.91. The first-order valence-corrected chi connectivity index (χ1v) is 4.52. The van der Waals surface area contributed by atoms with Gasteiger partial charge in [-0.1, -0.05) is 0 Å². The topological polar surface area (TPSA) is 41.6 Å². The summed E-state index contributed by atoms with van der Waals surface area (Å²) in [5.74, 6) is 0.0683. The quantitative estimate of drug-likeness (QED) is 0.762. The number of aromatic nitrogens is 3. The maximum absolute atomic E-state index is 4.18. The highest BCUT2D eigenvalue weighted by Gasteiger charge is 2.10. The lowest BCUT2D eigenvalue weighted by atomic mass is 10.1. The van der Waals surface area contributed by atoms with Crippen molar-refractivity contribution in [1.82, 2.24) is 15.2 Å². The fourth-order valence-corrected chi connectivity index (χ4v) is 1.62. The van der Waals surface area contributed by atoms with Crippen LogP contribution in [0.1, 0.15) is 17.3 Å². The summed E-state index contributed by atoms with van der Waals surface area (Å²) >= 11 is 1.58. The van der Waals surface area contributed by atoms with Crippen molar-refractivity contribution in [3.8, 4) is 0 Å². The molecule has 1 atom stereocenters. The standard InChI is InChI=1S/C8H8N3S/c1-6(7-2-3-10-11-7)8-4-12-5-9-8/h2-6H,1H2,(H,10,11). The Morgan fingerprint density at radius 2 is 2.50 bits per heavy atom. The molecular weight excluding hydrogens is 170 g/mol. The largest absolute Gasteiger partial charge is 0.282 e. The lowest BCUT2D eigenvalue weighted by molar-refractivity contribution is 0.892. The molecule has 0 spiro atoms. The van der Waals surface area contributed by atoms with Gasteiger partial charge in [0.05, 0.1) is 11.2 Å². The second-order valence-corrected chi connectivity index (χ2v) is 3.20. The Labute approximate surface area is 74.5 Å². The van der Waals surface area contributed by atoms with Crippen molar-refractivity contribution in [3.05, 3.63) is 41.5 Å². The minimum Gasteiger partial charge on any atom is -0.282 e. The highest BCUT2D eigenvalue weighted by molar-refractivity contribution is 7.07. The zero-order chi connectivity index (χ0) is 8.39. The molecule has 4 heteroatoms. The number of rotatable bonds is 2. The summed E-state index contributed by atoms with van der Waals surface area (Å²) in [6.07, 6.45) is 1.72. The summed E-state index contributed by atoms with van der Waals surface area (Å²) in [4.78, 5) is 4.18. The molecule has 2 aromatic rings.